The van der Waals surface area contributed by atoms with E-state index in [4.69, 9.17) is 4.74 Å². The maximum absolute atomic E-state index is 9.41. The average molecular weight is 162 g/mol. The Bertz CT molecular complexity index is 91.6. The highest BCUT2D eigenvalue weighted by Gasteiger charge is 2.22. The van der Waals surface area contributed by atoms with Crippen LogP contribution in [-0.2, 0) is 4.74 Å². The van der Waals surface area contributed by atoms with Crippen LogP contribution >= 0.6 is 11.8 Å². The van der Waals surface area contributed by atoms with E-state index < -0.39 is 0 Å². The summed E-state index contributed by atoms with van der Waals surface area (Å²) in [5, 5.41) is 9.41. The molecule has 10 heavy (non-hydrogen) atoms. The third-order valence-electron chi connectivity index (χ3n) is 1.85. The van der Waals surface area contributed by atoms with Gasteiger partial charge in [-0.05, 0) is 23.8 Å². The molecule has 2 unspecified atom stereocenters. The second-order valence-corrected chi connectivity index (χ2v) is 3.80. The summed E-state index contributed by atoms with van der Waals surface area (Å²) in [4.78, 5) is 0. The van der Waals surface area contributed by atoms with E-state index in [-0.39, 0.29) is 6.10 Å². The SMILES string of the molecule is COCC(O)C1CCSC1. The second kappa shape index (κ2) is 4.21. The number of aliphatic hydroxyl groups excluding tert-OH is 1. The van der Waals surface area contributed by atoms with E-state index in [2.05, 4.69) is 0 Å². The maximum Gasteiger partial charge on any atom is 0.0809 e. The van der Waals surface area contributed by atoms with Crippen LogP contribution in [0.15, 0.2) is 0 Å². The van der Waals surface area contributed by atoms with Crippen molar-refractivity contribution in [3.63, 3.8) is 0 Å². The van der Waals surface area contributed by atoms with Crippen LogP contribution in [0.5, 0.6) is 0 Å². The largest absolute Gasteiger partial charge is 0.390 e. The summed E-state index contributed by atoms with van der Waals surface area (Å²) in [6, 6.07) is 0. The molecule has 1 aliphatic rings. The van der Waals surface area contributed by atoms with Crippen LogP contribution in [-0.4, -0.2) is 36.4 Å². The Kier molecular flexibility index (Phi) is 3.52. The minimum Gasteiger partial charge on any atom is -0.390 e. The van der Waals surface area contributed by atoms with Crippen LogP contribution in [0.4, 0.5) is 0 Å². The summed E-state index contributed by atoms with van der Waals surface area (Å²) in [5.74, 6) is 2.78. The topological polar surface area (TPSA) is 29.5 Å². The summed E-state index contributed by atoms with van der Waals surface area (Å²) < 4.78 is 4.86. The molecule has 1 heterocycles. The van der Waals surface area contributed by atoms with E-state index in [0.29, 0.717) is 12.5 Å². The molecule has 1 rings (SSSR count). The molecule has 60 valence electrons. The third-order valence-corrected chi connectivity index (χ3v) is 3.03. The molecular formula is C7H14O2S. The molecule has 1 fully saturated rings. The van der Waals surface area contributed by atoms with E-state index in [1.807, 2.05) is 11.8 Å². The van der Waals surface area contributed by atoms with E-state index in [1.165, 1.54) is 5.75 Å². The first-order valence-corrected chi connectivity index (χ1v) is 4.75. The molecule has 0 aliphatic carbocycles. The second-order valence-electron chi connectivity index (χ2n) is 2.65. The predicted octanol–water partition coefficient (Wildman–Crippen LogP) is 0.747. The van der Waals surface area contributed by atoms with Crippen molar-refractivity contribution in [2.24, 2.45) is 5.92 Å². The molecule has 1 saturated heterocycles. The lowest BCUT2D eigenvalue weighted by atomic mass is 10.0. The molecule has 0 aromatic rings. The van der Waals surface area contributed by atoms with Crippen molar-refractivity contribution in [2.45, 2.75) is 12.5 Å². The van der Waals surface area contributed by atoms with Crippen LogP contribution in [0.2, 0.25) is 0 Å². The van der Waals surface area contributed by atoms with E-state index in [1.54, 1.807) is 7.11 Å². The van der Waals surface area contributed by atoms with Crippen molar-refractivity contribution >= 4 is 11.8 Å². The fourth-order valence-electron chi connectivity index (χ4n) is 1.16. The van der Waals surface area contributed by atoms with Crippen molar-refractivity contribution in [3.05, 3.63) is 0 Å². The average Bonchev–Trinajstić information content (AvgIpc) is 2.38. The van der Waals surface area contributed by atoms with Gasteiger partial charge in [0.25, 0.3) is 0 Å². The van der Waals surface area contributed by atoms with Gasteiger partial charge in [0.1, 0.15) is 0 Å². The van der Waals surface area contributed by atoms with Gasteiger partial charge in [-0.3, -0.25) is 0 Å². The van der Waals surface area contributed by atoms with E-state index in [0.717, 1.165) is 12.2 Å². The molecule has 1 aliphatic heterocycles. The Balaban J connectivity index is 2.18. The van der Waals surface area contributed by atoms with Crippen LogP contribution in [0, 0.1) is 5.92 Å². The van der Waals surface area contributed by atoms with E-state index >= 15 is 0 Å². The molecule has 0 amide bonds. The predicted molar refractivity (Wildman–Crippen MR) is 43.3 cm³/mol. The standard InChI is InChI=1S/C7H14O2S/c1-9-4-7(8)6-2-3-10-5-6/h6-8H,2-5H2,1H3. The van der Waals surface area contributed by atoms with Crippen LogP contribution < -0.4 is 0 Å². The van der Waals surface area contributed by atoms with Gasteiger partial charge in [0.2, 0.25) is 0 Å². The molecule has 2 atom stereocenters. The Morgan fingerprint density at radius 1 is 1.80 bits per heavy atom. The minimum absolute atomic E-state index is 0.236. The minimum atomic E-state index is -0.236. The zero-order chi connectivity index (χ0) is 7.40. The number of hydrogen-bond donors (Lipinski definition) is 1. The molecule has 2 nitrogen and oxygen atoms in total. The summed E-state index contributed by atoms with van der Waals surface area (Å²) in [5.41, 5.74) is 0. The van der Waals surface area contributed by atoms with Gasteiger partial charge >= 0.3 is 0 Å². The molecule has 0 aromatic carbocycles. The van der Waals surface area contributed by atoms with Gasteiger partial charge in [-0.25, -0.2) is 0 Å². The van der Waals surface area contributed by atoms with Gasteiger partial charge in [0.15, 0.2) is 0 Å². The lowest BCUT2D eigenvalue weighted by molar-refractivity contribution is 0.0327. The smallest absolute Gasteiger partial charge is 0.0809 e. The number of ether oxygens (including phenoxy) is 1. The third kappa shape index (κ3) is 2.15. The first kappa shape index (κ1) is 8.37. The summed E-state index contributed by atoms with van der Waals surface area (Å²) in [7, 11) is 1.63. The molecule has 3 heteroatoms. The van der Waals surface area contributed by atoms with Gasteiger partial charge in [0.05, 0.1) is 12.7 Å². The molecule has 0 bridgehead atoms. The highest BCUT2D eigenvalue weighted by Crippen LogP contribution is 2.26. The molecular weight excluding hydrogens is 148 g/mol. The number of thioether (sulfide) groups is 1. The zero-order valence-electron chi connectivity index (χ0n) is 6.25. The Morgan fingerprint density at radius 2 is 2.60 bits per heavy atom. The lowest BCUT2D eigenvalue weighted by Crippen LogP contribution is -2.24. The number of rotatable bonds is 3. The monoisotopic (exact) mass is 162 g/mol. The fourth-order valence-corrected chi connectivity index (χ4v) is 2.49. The van der Waals surface area contributed by atoms with Crippen molar-refractivity contribution < 1.29 is 9.84 Å². The van der Waals surface area contributed by atoms with Gasteiger partial charge in [-0.1, -0.05) is 0 Å². The number of methoxy groups -OCH3 is 1. The number of hydrogen-bond acceptors (Lipinski definition) is 3. The van der Waals surface area contributed by atoms with Crippen molar-refractivity contribution in [3.8, 4) is 0 Å². The molecule has 1 N–H and O–H groups in total. The van der Waals surface area contributed by atoms with Crippen molar-refractivity contribution in [1.82, 2.24) is 0 Å². The van der Waals surface area contributed by atoms with Gasteiger partial charge in [-0.2, -0.15) is 11.8 Å². The number of aliphatic hydroxyl groups is 1. The van der Waals surface area contributed by atoms with Gasteiger partial charge in [0, 0.05) is 7.11 Å². The summed E-state index contributed by atoms with van der Waals surface area (Å²) in [6.07, 6.45) is 0.912. The van der Waals surface area contributed by atoms with Crippen molar-refractivity contribution in [1.29, 1.82) is 0 Å². The van der Waals surface area contributed by atoms with Gasteiger partial charge < -0.3 is 9.84 Å². The molecule has 0 aromatic heterocycles. The lowest BCUT2D eigenvalue weighted by Gasteiger charge is -2.15. The van der Waals surface area contributed by atoms with E-state index in [9.17, 15) is 5.11 Å². The normalized spacial score (nSPS) is 28.8. The zero-order valence-corrected chi connectivity index (χ0v) is 7.06. The Morgan fingerprint density at radius 3 is 3.10 bits per heavy atom. The first-order valence-electron chi connectivity index (χ1n) is 3.59. The fraction of sp³-hybridized carbons (Fsp3) is 1.00. The Hall–Kier alpha value is 0.270. The quantitative estimate of drug-likeness (QED) is 0.664. The molecule has 0 saturated carbocycles. The Labute approximate surface area is 66.0 Å². The highest BCUT2D eigenvalue weighted by molar-refractivity contribution is 7.99. The van der Waals surface area contributed by atoms with Crippen molar-refractivity contribution in [2.75, 3.05) is 25.2 Å². The van der Waals surface area contributed by atoms with Crippen LogP contribution in [0.25, 0.3) is 0 Å². The molecule has 0 radical (unpaired) electrons. The van der Waals surface area contributed by atoms with Crippen LogP contribution in [0.3, 0.4) is 0 Å². The highest BCUT2D eigenvalue weighted by atomic mass is 32.2. The first-order chi connectivity index (χ1) is 4.84. The summed E-state index contributed by atoms with van der Waals surface area (Å²) >= 11 is 1.92. The van der Waals surface area contributed by atoms with Crippen LogP contribution in [0.1, 0.15) is 6.42 Å². The molecule has 0 spiro atoms. The maximum atomic E-state index is 9.41. The van der Waals surface area contributed by atoms with Gasteiger partial charge in [-0.15, -0.1) is 0 Å². The summed E-state index contributed by atoms with van der Waals surface area (Å²) in [6.45, 7) is 0.491.